The van der Waals surface area contributed by atoms with E-state index in [0.717, 1.165) is 41.2 Å². The lowest BCUT2D eigenvalue weighted by molar-refractivity contribution is -0.137. The van der Waals surface area contributed by atoms with E-state index in [1.165, 1.54) is 5.57 Å². The first-order valence-electron chi connectivity index (χ1n) is 10.2. The molecule has 30 heavy (non-hydrogen) atoms. The molecular formula is C26H24O4. The molecule has 1 N–H and O–H groups in total. The Morgan fingerprint density at radius 1 is 1.00 bits per heavy atom. The zero-order valence-corrected chi connectivity index (χ0v) is 17.1. The minimum absolute atomic E-state index is 0.222. The van der Waals surface area contributed by atoms with Crippen LogP contribution in [0.4, 0.5) is 0 Å². The predicted molar refractivity (Wildman–Crippen MR) is 118 cm³/mol. The molecule has 3 aromatic carbocycles. The van der Waals surface area contributed by atoms with Gasteiger partial charge in [-0.15, -0.1) is 0 Å². The van der Waals surface area contributed by atoms with Crippen molar-refractivity contribution in [2.24, 2.45) is 5.92 Å². The van der Waals surface area contributed by atoms with Crippen molar-refractivity contribution in [2.45, 2.75) is 33.1 Å². The molecule has 152 valence electrons. The van der Waals surface area contributed by atoms with Crippen LogP contribution in [0.5, 0.6) is 5.75 Å². The molecule has 1 aliphatic carbocycles. The maximum absolute atomic E-state index is 12.9. The molecule has 4 heteroatoms. The van der Waals surface area contributed by atoms with Crippen LogP contribution in [-0.2, 0) is 4.79 Å². The van der Waals surface area contributed by atoms with Gasteiger partial charge in [0, 0.05) is 5.39 Å². The van der Waals surface area contributed by atoms with E-state index in [4.69, 9.17) is 4.74 Å². The van der Waals surface area contributed by atoms with Crippen LogP contribution >= 0.6 is 0 Å². The molecule has 0 spiro atoms. The number of hydrogen-bond donors (Lipinski definition) is 1. The Bertz CT molecular complexity index is 1170. The maximum Gasteiger partial charge on any atom is 0.336 e. The fourth-order valence-electron chi connectivity index (χ4n) is 4.16. The molecular weight excluding hydrogens is 376 g/mol. The normalized spacial score (nSPS) is 16.2. The number of aromatic carboxylic acids is 1. The van der Waals surface area contributed by atoms with Gasteiger partial charge >= 0.3 is 11.9 Å². The highest BCUT2D eigenvalue weighted by Gasteiger charge is 2.23. The highest BCUT2D eigenvalue weighted by Crippen LogP contribution is 2.38. The zero-order valence-electron chi connectivity index (χ0n) is 17.1. The molecule has 0 aromatic heterocycles. The van der Waals surface area contributed by atoms with E-state index in [1.54, 1.807) is 18.2 Å². The lowest BCUT2D eigenvalue weighted by Gasteiger charge is -2.19. The number of fused-ring (bicyclic) bond motifs is 1. The van der Waals surface area contributed by atoms with Gasteiger partial charge in [0.25, 0.3) is 0 Å². The average molecular weight is 400 g/mol. The van der Waals surface area contributed by atoms with Gasteiger partial charge < -0.3 is 9.84 Å². The smallest absolute Gasteiger partial charge is 0.336 e. The Balaban J connectivity index is 1.84. The number of hydrogen-bond acceptors (Lipinski definition) is 3. The summed E-state index contributed by atoms with van der Waals surface area (Å²) < 4.78 is 5.88. The summed E-state index contributed by atoms with van der Waals surface area (Å²) in [7, 11) is 0. The van der Waals surface area contributed by atoms with E-state index in [9.17, 15) is 14.7 Å². The molecule has 1 atom stereocenters. The van der Waals surface area contributed by atoms with Crippen LogP contribution < -0.4 is 4.74 Å². The van der Waals surface area contributed by atoms with E-state index in [2.05, 4.69) is 0 Å². The van der Waals surface area contributed by atoms with Gasteiger partial charge in [-0.05, 0) is 61.8 Å². The van der Waals surface area contributed by atoms with E-state index in [-0.39, 0.29) is 17.5 Å². The van der Waals surface area contributed by atoms with E-state index >= 15 is 0 Å². The Hall–Kier alpha value is -3.40. The molecule has 0 radical (unpaired) electrons. The van der Waals surface area contributed by atoms with Gasteiger partial charge in [-0.25, -0.2) is 4.79 Å². The highest BCUT2D eigenvalue weighted by atomic mass is 16.5. The molecule has 0 fully saturated rings. The molecule has 3 aromatic rings. The fourth-order valence-corrected chi connectivity index (χ4v) is 4.16. The number of carboxylic acids is 1. The van der Waals surface area contributed by atoms with Gasteiger partial charge in [0.05, 0.1) is 11.5 Å². The van der Waals surface area contributed by atoms with Gasteiger partial charge in [0.2, 0.25) is 0 Å². The number of allylic oxidation sites excluding steroid dienone is 1. The third-order valence-corrected chi connectivity index (χ3v) is 5.65. The Kier molecular flexibility index (Phi) is 5.40. The van der Waals surface area contributed by atoms with Gasteiger partial charge in [0.1, 0.15) is 5.75 Å². The quantitative estimate of drug-likeness (QED) is 0.323. The highest BCUT2D eigenvalue weighted by molar-refractivity contribution is 6.06. The van der Waals surface area contributed by atoms with E-state index in [0.29, 0.717) is 11.3 Å². The number of ether oxygens (including phenoxy) is 1. The summed E-state index contributed by atoms with van der Waals surface area (Å²) >= 11 is 0. The molecule has 1 unspecified atom stereocenters. The summed E-state index contributed by atoms with van der Waals surface area (Å²) in [5, 5.41) is 11.4. The van der Waals surface area contributed by atoms with Gasteiger partial charge in [-0.3, -0.25) is 4.79 Å². The van der Waals surface area contributed by atoms with E-state index in [1.807, 2.05) is 56.3 Å². The molecule has 0 amide bonds. The minimum atomic E-state index is -0.987. The van der Waals surface area contributed by atoms with Crippen molar-refractivity contribution < 1.29 is 19.4 Å². The van der Waals surface area contributed by atoms with Gasteiger partial charge in [-0.1, -0.05) is 59.7 Å². The lowest BCUT2D eigenvalue weighted by atomic mass is 9.91. The monoisotopic (exact) mass is 400 g/mol. The fraction of sp³-hybridized carbons (Fsp3) is 0.231. The molecule has 0 saturated carbocycles. The number of benzene rings is 3. The predicted octanol–water partition coefficient (Wildman–Crippen LogP) is 6.17. The number of esters is 1. The molecule has 0 saturated heterocycles. The maximum atomic E-state index is 12.9. The second-order valence-electron chi connectivity index (χ2n) is 7.95. The number of carboxylic acid groups (broad SMARTS) is 1. The van der Waals surface area contributed by atoms with Crippen molar-refractivity contribution in [1.82, 2.24) is 0 Å². The molecule has 0 heterocycles. The van der Waals surface area contributed by atoms with E-state index < -0.39 is 5.97 Å². The van der Waals surface area contributed by atoms with Crippen molar-refractivity contribution in [1.29, 1.82) is 0 Å². The summed E-state index contributed by atoms with van der Waals surface area (Å²) in [6.07, 6.45) is 4.79. The summed E-state index contributed by atoms with van der Waals surface area (Å²) in [6, 6.07) is 16.6. The van der Waals surface area contributed by atoms with Crippen LogP contribution in [0.15, 0.2) is 66.2 Å². The second kappa shape index (κ2) is 8.15. The van der Waals surface area contributed by atoms with Gasteiger partial charge in [-0.2, -0.15) is 0 Å². The van der Waals surface area contributed by atoms with Gasteiger partial charge in [0.15, 0.2) is 0 Å². The SMILES string of the molecule is CC1=CC(C(=O)Oc2cccc3cccc(-c4cc(C)ccc4C(=O)O)c23)CCC1. The van der Waals surface area contributed by atoms with Crippen molar-refractivity contribution in [3.63, 3.8) is 0 Å². The van der Waals surface area contributed by atoms with Crippen molar-refractivity contribution in [3.05, 3.63) is 77.4 Å². The Labute approximate surface area is 175 Å². The van der Waals surface area contributed by atoms with Crippen LogP contribution in [0, 0.1) is 12.8 Å². The van der Waals surface area contributed by atoms with Crippen LogP contribution in [0.2, 0.25) is 0 Å². The summed E-state index contributed by atoms with van der Waals surface area (Å²) in [6.45, 7) is 3.97. The largest absolute Gasteiger partial charge is 0.478 e. The number of carbonyl (C=O) groups excluding carboxylic acids is 1. The third-order valence-electron chi connectivity index (χ3n) is 5.65. The number of aryl methyl sites for hydroxylation is 1. The summed E-state index contributed by atoms with van der Waals surface area (Å²) in [4.78, 5) is 24.7. The molecule has 0 aliphatic heterocycles. The van der Waals surface area contributed by atoms with Crippen LogP contribution in [0.3, 0.4) is 0 Å². The number of rotatable bonds is 4. The summed E-state index contributed by atoms with van der Waals surface area (Å²) in [5.74, 6) is -1.03. The van der Waals surface area contributed by atoms with Crippen molar-refractivity contribution in [3.8, 4) is 16.9 Å². The third kappa shape index (κ3) is 3.86. The van der Waals surface area contributed by atoms with Crippen LogP contribution in [-0.4, -0.2) is 17.0 Å². The van der Waals surface area contributed by atoms with Crippen molar-refractivity contribution in [2.75, 3.05) is 0 Å². The summed E-state index contributed by atoms with van der Waals surface area (Å²) in [5.41, 5.74) is 3.76. The first-order chi connectivity index (χ1) is 14.4. The molecule has 1 aliphatic rings. The van der Waals surface area contributed by atoms with Crippen LogP contribution in [0.1, 0.15) is 42.1 Å². The zero-order chi connectivity index (χ0) is 21.3. The number of carbonyl (C=O) groups is 2. The Morgan fingerprint density at radius 2 is 1.77 bits per heavy atom. The second-order valence-corrected chi connectivity index (χ2v) is 7.95. The van der Waals surface area contributed by atoms with Crippen LogP contribution in [0.25, 0.3) is 21.9 Å². The standard InChI is InChI=1S/C26H24O4/c1-16-6-3-9-19(14-16)26(29)30-23-11-5-8-18-7-4-10-20(24(18)23)22-15-17(2)12-13-21(22)25(27)28/h4-5,7-8,10-15,19H,3,6,9H2,1-2H3,(H,27,28). The Morgan fingerprint density at radius 3 is 2.50 bits per heavy atom. The molecule has 4 rings (SSSR count). The molecule has 4 nitrogen and oxygen atoms in total. The topological polar surface area (TPSA) is 63.6 Å². The first kappa shape index (κ1) is 19.9. The minimum Gasteiger partial charge on any atom is -0.478 e. The molecule has 0 bridgehead atoms. The first-order valence-corrected chi connectivity index (χ1v) is 10.2. The average Bonchev–Trinajstić information content (AvgIpc) is 2.73. The van der Waals surface area contributed by atoms with Crippen molar-refractivity contribution >= 4 is 22.7 Å². The lowest BCUT2D eigenvalue weighted by Crippen LogP contribution is -2.21.